The molecule has 0 spiro atoms. The Balaban J connectivity index is 2.26. The summed E-state index contributed by atoms with van der Waals surface area (Å²) in [6.07, 6.45) is 3.95. The van der Waals surface area contributed by atoms with Crippen molar-refractivity contribution in [2.24, 2.45) is 0 Å². The Labute approximate surface area is 100 Å². The minimum atomic E-state index is -0.296. The average Bonchev–Trinajstić information content (AvgIpc) is 2.30. The van der Waals surface area contributed by atoms with E-state index in [1.54, 1.807) is 0 Å². The molecule has 0 aromatic rings. The van der Waals surface area contributed by atoms with E-state index in [1.165, 1.54) is 25.8 Å². The molecule has 0 aromatic carbocycles. The molecule has 0 amide bonds. The molecule has 0 atom stereocenters. The number of nitriles is 1. The van der Waals surface area contributed by atoms with Crippen LogP contribution in [0.3, 0.4) is 0 Å². The van der Waals surface area contributed by atoms with Crippen molar-refractivity contribution in [2.45, 2.75) is 45.6 Å². The van der Waals surface area contributed by atoms with Gasteiger partial charge in [-0.1, -0.05) is 19.8 Å². The van der Waals surface area contributed by atoms with Gasteiger partial charge in [-0.05, 0) is 26.8 Å². The Morgan fingerprint density at radius 1 is 1.12 bits per heavy atom. The van der Waals surface area contributed by atoms with E-state index in [2.05, 4.69) is 22.8 Å². The molecule has 1 heterocycles. The van der Waals surface area contributed by atoms with Crippen LogP contribution in [-0.2, 0) is 0 Å². The largest absolute Gasteiger partial charge is 0.301 e. The zero-order valence-corrected chi connectivity index (χ0v) is 11.0. The van der Waals surface area contributed by atoms with Gasteiger partial charge in [0.1, 0.15) is 5.54 Å². The van der Waals surface area contributed by atoms with Crippen molar-refractivity contribution in [2.75, 3.05) is 32.7 Å². The summed E-state index contributed by atoms with van der Waals surface area (Å²) in [5.41, 5.74) is -0.296. The van der Waals surface area contributed by atoms with E-state index >= 15 is 0 Å². The lowest BCUT2D eigenvalue weighted by molar-refractivity contribution is 0.0792. The van der Waals surface area contributed by atoms with Crippen LogP contribution < -0.4 is 0 Å². The smallest absolute Gasteiger partial charge is 0.103 e. The summed E-state index contributed by atoms with van der Waals surface area (Å²) in [5, 5.41) is 9.08. The van der Waals surface area contributed by atoms with Gasteiger partial charge >= 0.3 is 0 Å². The van der Waals surface area contributed by atoms with Crippen molar-refractivity contribution < 1.29 is 0 Å². The Morgan fingerprint density at radius 3 is 2.25 bits per heavy atom. The van der Waals surface area contributed by atoms with Crippen LogP contribution in [0.2, 0.25) is 0 Å². The van der Waals surface area contributed by atoms with E-state index in [9.17, 15) is 0 Å². The zero-order chi connectivity index (χ0) is 12.0. The minimum Gasteiger partial charge on any atom is -0.301 e. The number of nitrogens with zero attached hydrogens (tertiary/aromatic N) is 3. The van der Waals surface area contributed by atoms with Crippen molar-refractivity contribution in [1.29, 1.82) is 5.26 Å². The number of hydrogen-bond donors (Lipinski definition) is 0. The number of piperazine rings is 1. The predicted octanol–water partition coefficient (Wildman–Crippen LogP) is 2.10. The van der Waals surface area contributed by atoms with Crippen LogP contribution in [0.15, 0.2) is 0 Å². The van der Waals surface area contributed by atoms with E-state index < -0.39 is 0 Å². The van der Waals surface area contributed by atoms with Crippen molar-refractivity contribution in [3.63, 3.8) is 0 Å². The molecule has 0 unspecified atom stereocenters. The average molecular weight is 223 g/mol. The third kappa shape index (κ3) is 3.77. The maximum atomic E-state index is 9.08. The second kappa shape index (κ2) is 6.22. The van der Waals surface area contributed by atoms with E-state index in [0.717, 1.165) is 26.2 Å². The summed E-state index contributed by atoms with van der Waals surface area (Å²) in [6.45, 7) is 11.8. The van der Waals surface area contributed by atoms with Crippen LogP contribution in [0.5, 0.6) is 0 Å². The van der Waals surface area contributed by atoms with Gasteiger partial charge in [0.05, 0.1) is 6.07 Å². The fourth-order valence-electron chi connectivity index (χ4n) is 2.19. The number of unbranched alkanes of at least 4 members (excludes halogenated alkanes) is 2. The normalized spacial score (nSPS) is 19.6. The van der Waals surface area contributed by atoms with E-state index in [1.807, 2.05) is 13.8 Å². The van der Waals surface area contributed by atoms with Gasteiger partial charge in [0.25, 0.3) is 0 Å². The molecule has 0 aromatic heterocycles. The maximum Gasteiger partial charge on any atom is 0.103 e. The lowest BCUT2D eigenvalue weighted by Gasteiger charge is -2.40. The third-order valence-electron chi connectivity index (χ3n) is 3.51. The van der Waals surface area contributed by atoms with Crippen LogP contribution in [-0.4, -0.2) is 48.1 Å². The highest BCUT2D eigenvalue weighted by atomic mass is 15.3. The molecule has 3 heteroatoms. The summed E-state index contributed by atoms with van der Waals surface area (Å²) in [4.78, 5) is 4.82. The molecule has 0 radical (unpaired) electrons. The van der Waals surface area contributed by atoms with E-state index in [-0.39, 0.29) is 5.54 Å². The monoisotopic (exact) mass is 223 g/mol. The first-order chi connectivity index (χ1) is 7.60. The van der Waals surface area contributed by atoms with Gasteiger partial charge in [0.15, 0.2) is 0 Å². The van der Waals surface area contributed by atoms with Gasteiger partial charge in [-0.3, -0.25) is 4.90 Å². The van der Waals surface area contributed by atoms with Crippen molar-refractivity contribution in [1.82, 2.24) is 9.80 Å². The van der Waals surface area contributed by atoms with Crippen molar-refractivity contribution in [3.05, 3.63) is 0 Å². The fourth-order valence-corrected chi connectivity index (χ4v) is 2.19. The maximum absolute atomic E-state index is 9.08. The third-order valence-corrected chi connectivity index (χ3v) is 3.51. The van der Waals surface area contributed by atoms with Crippen molar-refractivity contribution >= 4 is 0 Å². The highest BCUT2D eigenvalue weighted by Crippen LogP contribution is 2.16. The molecule has 1 rings (SSSR count). The van der Waals surface area contributed by atoms with Gasteiger partial charge < -0.3 is 4.90 Å². The van der Waals surface area contributed by atoms with Crippen LogP contribution >= 0.6 is 0 Å². The second-order valence-electron chi connectivity index (χ2n) is 5.21. The van der Waals surface area contributed by atoms with Crippen LogP contribution in [0, 0.1) is 11.3 Å². The molecular formula is C13H25N3. The molecule has 1 saturated heterocycles. The number of hydrogen-bond acceptors (Lipinski definition) is 3. The molecule has 1 aliphatic rings. The van der Waals surface area contributed by atoms with Crippen molar-refractivity contribution in [3.8, 4) is 6.07 Å². The Kier molecular flexibility index (Phi) is 5.24. The highest BCUT2D eigenvalue weighted by molar-refractivity contribution is 5.02. The van der Waals surface area contributed by atoms with Gasteiger partial charge in [-0.2, -0.15) is 5.26 Å². The summed E-state index contributed by atoms with van der Waals surface area (Å²) in [7, 11) is 0. The fraction of sp³-hybridized carbons (Fsp3) is 0.923. The quantitative estimate of drug-likeness (QED) is 0.669. The van der Waals surface area contributed by atoms with Gasteiger partial charge in [-0.15, -0.1) is 0 Å². The molecule has 16 heavy (non-hydrogen) atoms. The molecule has 1 fully saturated rings. The summed E-state index contributed by atoms with van der Waals surface area (Å²) >= 11 is 0. The molecule has 0 saturated carbocycles. The molecular weight excluding hydrogens is 198 g/mol. The van der Waals surface area contributed by atoms with E-state index in [0.29, 0.717) is 0 Å². The van der Waals surface area contributed by atoms with Gasteiger partial charge in [-0.25, -0.2) is 0 Å². The molecule has 3 nitrogen and oxygen atoms in total. The summed E-state index contributed by atoms with van der Waals surface area (Å²) < 4.78 is 0. The zero-order valence-electron chi connectivity index (χ0n) is 11.0. The topological polar surface area (TPSA) is 30.3 Å². The molecule has 0 aliphatic carbocycles. The summed E-state index contributed by atoms with van der Waals surface area (Å²) in [5.74, 6) is 0. The first-order valence-electron chi connectivity index (χ1n) is 6.49. The van der Waals surface area contributed by atoms with Crippen LogP contribution in [0.1, 0.15) is 40.0 Å². The lowest BCUT2D eigenvalue weighted by Crippen LogP contribution is -2.54. The Bertz CT molecular complexity index is 234. The molecule has 0 N–H and O–H groups in total. The Morgan fingerprint density at radius 2 is 1.75 bits per heavy atom. The second-order valence-corrected chi connectivity index (χ2v) is 5.21. The van der Waals surface area contributed by atoms with Gasteiger partial charge in [0, 0.05) is 26.2 Å². The minimum absolute atomic E-state index is 0.296. The Hall–Kier alpha value is -0.590. The standard InChI is InChI=1S/C13H25N3/c1-4-5-6-7-15-8-10-16(11-9-15)13(2,3)12-14/h4-11H2,1-3H3. The first kappa shape index (κ1) is 13.5. The van der Waals surface area contributed by atoms with Gasteiger partial charge in [0.2, 0.25) is 0 Å². The SMILES string of the molecule is CCCCCN1CCN(C(C)(C)C#N)CC1. The van der Waals surface area contributed by atoms with Crippen LogP contribution in [0.25, 0.3) is 0 Å². The molecule has 1 aliphatic heterocycles. The highest BCUT2D eigenvalue weighted by Gasteiger charge is 2.29. The molecule has 0 bridgehead atoms. The molecule has 92 valence electrons. The lowest BCUT2D eigenvalue weighted by atomic mass is 10.0. The predicted molar refractivity (Wildman–Crippen MR) is 67.2 cm³/mol. The number of rotatable bonds is 5. The first-order valence-corrected chi connectivity index (χ1v) is 6.49. The van der Waals surface area contributed by atoms with Crippen LogP contribution in [0.4, 0.5) is 0 Å². The van der Waals surface area contributed by atoms with E-state index in [4.69, 9.17) is 5.26 Å². The summed E-state index contributed by atoms with van der Waals surface area (Å²) in [6, 6.07) is 2.39.